The average Bonchev–Trinajstić information content (AvgIpc) is 2.58. The minimum atomic E-state index is 0.307. The first-order chi connectivity index (χ1) is 7.08. The molecule has 4 heteroatoms. The van der Waals surface area contributed by atoms with Crippen LogP contribution in [0.1, 0.15) is 11.1 Å². The van der Waals surface area contributed by atoms with E-state index in [1.807, 2.05) is 26.0 Å². The third kappa shape index (κ3) is 1.83. The highest BCUT2D eigenvalue weighted by Gasteiger charge is 2.10. The molecule has 0 aliphatic heterocycles. The standard InChI is InChI=1S/C11H11ClN2O/c1-6-3-8(7(2)9(12)4-6)10-5-11(13)15-14-10/h3-5H,13H2,1-2H3. The van der Waals surface area contributed by atoms with Gasteiger partial charge in [-0.25, -0.2) is 0 Å². The van der Waals surface area contributed by atoms with Crippen LogP contribution < -0.4 is 5.73 Å². The monoisotopic (exact) mass is 222 g/mol. The number of rotatable bonds is 1. The zero-order valence-electron chi connectivity index (χ0n) is 8.54. The lowest BCUT2D eigenvalue weighted by atomic mass is 10.0. The fraction of sp³-hybridized carbons (Fsp3) is 0.182. The maximum Gasteiger partial charge on any atom is 0.222 e. The predicted molar refractivity (Wildman–Crippen MR) is 60.8 cm³/mol. The second-order valence-corrected chi connectivity index (χ2v) is 3.94. The lowest BCUT2D eigenvalue weighted by molar-refractivity contribution is 0.439. The molecule has 0 amide bonds. The Hall–Kier alpha value is -1.48. The van der Waals surface area contributed by atoms with Crippen molar-refractivity contribution in [3.63, 3.8) is 0 Å². The molecule has 15 heavy (non-hydrogen) atoms. The lowest BCUT2D eigenvalue weighted by Gasteiger charge is -2.05. The van der Waals surface area contributed by atoms with Gasteiger partial charge >= 0.3 is 0 Å². The minimum absolute atomic E-state index is 0.307. The largest absolute Gasteiger partial charge is 0.368 e. The second-order valence-electron chi connectivity index (χ2n) is 3.53. The number of anilines is 1. The molecule has 0 spiro atoms. The number of nitrogens with zero attached hydrogens (tertiary/aromatic N) is 1. The molecule has 1 aromatic heterocycles. The SMILES string of the molecule is Cc1cc(Cl)c(C)c(-c2cc(N)on2)c1. The molecule has 2 rings (SSSR count). The van der Waals surface area contributed by atoms with Crippen LogP contribution in [0.3, 0.4) is 0 Å². The molecule has 0 fully saturated rings. The van der Waals surface area contributed by atoms with Crippen LogP contribution in [0, 0.1) is 13.8 Å². The highest BCUT2D eigenvalue weighted by molar-refractivity contribution is 6.31. The third-order valence-electron chi connectivity index (χ3n) is 2.29. The van der Waals surface area contributed by atoms with E-state index < -0.39 is 0 Å². The molecule has 0 aliphatic rings. The first kappa shape index (κ1) is 10.1. The molecule has 3 nitrogen and oxygen atoms in total. The lowest BCUT2D eigenvalue weighted by Crippen LogP contribution is -1.86. The van der Waals surface area contributed by atoms with E-state index in [1.165, 1.54) is 0 Å². The Morgan fingerprint density at radius 3 is 2.60 bits per heavy atom. The molecule has 1 heterocycles. The van der Waals surface area contributed by atoms with Crippen molar-refractivity contribution in [3.8, 4) is 11.3 Å². The van der Waals surface area contributed by atoms with Crippen molar-refractivity contribution in [3.05, 3.63) is 34.3 Å². The van der Waals surface area contributed by atoms with Crippen molar-refractivity contribution in [1.82, 2.24) is 5.16 Å². The summed E-state index contributed by atoms with van der Waals surface area (Å²) in [5.41, 5.74) is 9.22. The van der Waals surface area contributed by atoms with E-state index in [1.54, 1.807) is 6.07 Å². The van der Waals surface area contributed by atoms with Crippen LogP contribution in [0.4, 0.5) is 5.88 Å². The fourth-order valence-corrected chi connectivity index (χ4v) is 1.77. The smallest absolute Gasteiger partial charge is 0.222 e. The van der Waals surface area contributed by atoms with E-state index in [4.69, 9.17) is 21.9 Å². The summed E-state index contributed by atoms with van der Waals surface area (Å²) in [6.07, 6.45) is 0. The van der Waals surface area contributed by atoms with Gasteiger partial charge in [0, 0.05) is 16.7 Å². The second kappa shape index (κ2) is 3.59. The van der Waals surface area contributed by atoms with E-state index in [0.29, 0.717) is 5.88 Å². The Kier molecular flexibility index (Phi) is 2.40. The van der Waals surface area contributed by atoms with Crippen LogP contribution in [-0.4, -0.2) is 5.16 Å². The van der Waals surface area contributed by atoms with E-state index >= 15 is 0 Å². The summed E-state index contributed by atoms with van der Waals surface area (Å²) in [6.45, 7) is 3.93. The predicted octanol–water partition coefficient (Wildman–Crippen LogP) is 3.19. The van der Waals surface area contributed by atoms with Gasteiger partial charge in [0.2, 0.25) is 5.88 Å². The number of nitrogen functional groups attached to an aromatic ring is 1. The highest BCUT2D eigenvalue weighted by Crippen LogP contribution is 2.29. The van der Waals surface area contributed by atoms with Gasteiger partial charge in [0.1, 0.15) is 5.69 Å². The van der Waals surface area contributed by atoms with Crippen LogP contribution >= 0.6 is 11.6 Å². The van der Waals surface area contributed by atoms with Crippen molar-refractivity contribution in [2.75, 3.05) is 5.73 Å². The summed E-state index contributed by atoms with van der Waals surface area (Å²) in [6, 6.07) is 5.63. The number of hydrogen-bond donors (Lipinski definition) is 1. The first-order valence-electron chi connectivity index (χ1n) is 4.57. The molecule has 1 aromatic carbocycles. The van der Waals surface area contributed by atoms with Gasteiger partial charge in [-0.2, -0.15) is 0 Å². The maximum atomic E-state index is 6.09. The zero-order valence-corrected chi connectivity index (χ0v) is 9.30. The van der Waals surface area contributed by atoms with Crippen molar-refractivity contribution in [1.29, 1.82) is 0 Å². The highest BCUT2D eigenvalue weighted by atomic mass is 35.5. The Morgan fingerprint density at radius 1 is 1.27 bits per heavy atom. The molecule has 0 unspecified atom stereocenters. The van der Waals surface area contributed by atoms with Crippen LogP contribution in [0.5, 0.6) is 0 Å². The van der Waals surface area contributed by atoms with E-state index in [-0.39, 0.29) is 0 Å². The van der Waals surface area contributed by atoms with Gasteiger partial charge in [-0.05, 0) is 37.1 Å². The molecule has 2 N–H and O–H groups in total. The first-order valence-corrected chi connectivity index (χ1v) is 4.95. The van der Waals surface area contributed by atoms with Gasteiger partial charge in [-0.3, -0.25) is 0 Å². The van der Waals surface area contributed by atoms with Crippen molar-refractivity contribution in [2.45, 2.75) is 13.8 Å². The van der Waals surface area contributed by atoms with Crippen LogP contribution in [0.25, 0.3) is 11.3 Å². The van der Waals surface area contributed by atoms with Gasteiger partial charge < -0.3 is 10.3 Å². The Bertz CT molecular complexity index is 505. The fourth-order valence-electron chi connectivity index (χ4n) is 1.50. The van der Waals surface area contributed by atoms with Gasteiger partial charge in [0.05, 0.1) is 0 Å². The van der Waals surface area contributed by atoms with Gasteiger partial charge in [-0.15, -0.1) is 0 Å². The molecule has 0 atom stereocenters. The molecule has 0 saturated carbocycles. The number of aromatic nitrogens is 1. The summed E-state index contributed by atoms with van der Waals surface area (Å²) in [7, 11) is 0. The van der Waals surface area contributed by atoms with Crippen molar-refractivity contribution < 1.29 is 4.52 Å². The number of halogens is 1. The Labute approximate surface area is 92.8 Å². The van der Waals surface area contributed by atoms with E-state index in [9.17, 15) is 0 Å². The molecular weight excluding hydrogens is 212 g/mol. The van der Waals surface area contributed by atoms with Crippen molar-refractivity contribution in [2.24, 2.45) is 0 Å². The third-order valence-corrected chi connectivity index (χ3v) is 2.69. The van der Waals surface area contributed by atoms with Gasteiger partial charge in [0.25, 0.3) is 0 Å². The summed E-state index contributed by atoms with van der Waals surface area (Å²) >= 11 is 6.09. The summed E-state index contributed by atoms with van der Waals surface area (Å²) < 4.78 is 4.84. The van der Waals surface area contributed by atoms with Gasteiger partial charge in [0.15, 0.2) is 0 Å². The molecule has 0 saturated heterocycles. The van der Waals surface area contributed by atoms with Crippen LogP contribution in [0.2, 0.25) is 5.02 Å². The molecule has 0 radical (unpaired) electrons. The number of aryl methyl sites for hydroxylation is 1. The molecule has 78 valence electrons. The topological polar surface area (TPSA) is 52.0 Å². The number of benzene rings is 1. The number of nitrogens with two attached hydrogens (primary N) is 1. The van der Waals surface area contributed by atoms with Crippen LogP contribution in [-0.2, 0) is 0 Å². The quantitative estimate of drug-likeness (QED) is 0.806. The summed E-state index contributed by atoms with van der Waals surface area (Å²) in [4.78, 5) is 0. The average molecular weight is 223 g/mol. The number of hydrogen-bond acceptors (Lipinski definition) is 3. The molecule has 2 aromatic rings. The summed E-state index contributed by atoms with van der Waals surface area (Å²) in [5.74, 6) is 0.307. The minimum Gasteiger partial charge on any atom is -0.368 e. The summed E-state index contributed by atoms with van der Waals surface area (Å²) in [5, 5.41) is 4.60. The van der Waals surface area contributed by atoms with Crippen molar-refractivity contribution >= 4 is 17.5 Å². The van der Waals surface area contributed by atoms with Gasteiger partial charge in [-0.1, -0.05) is 16.8 Å². The Balaban J connectivity index is 2.62. The zero-order chi connectivity index (χ0) is 11.0. The molecule has 0 bridgehead atoms. The maximum absolute atomic E-state index is 6.09. The van der Waals surface area contributed by atoms with E-state index in [2.05, 4.69) is 5.16 Å². The molecular formula is C11H11ClN2O. The molecule has 0 aliphatic carbocycles. The normalized spacial score (nSPS) is 10.6. The van der Waals surface area contributed by atoms with E-state index in [0.717, 1.165) is 27.4 Å². The van der Waals surface area contributed by atoms with Crippen LogP contribution in [0.15, 0.2) is 22.7 Å². The Morgan fingerprint density at radius 2 is 2.00 bits per heavy atom.